The molecule has 146 valence electrons. The third kappa shape index (κ3) is 3.64. The first-order valence-electron chi connectivity index (χ1n) is 9.34. The number of carbonyl (C=O) groups excluding carboxylic acids is 3. The molecule has 2 aromatic rings. The highest BCUT2D eigenvalue weighted by Gasteiger charge is 2.41. The number of hydrogen-bond donors (Lipinski definition) is 0. The minimum atomic E-state index is -0.501. The van der Waals surface area contributed by atoms with E-state index in [-0.39, 0.29) is 24.3 Å². The summed E-state index contributed by atoms with van der Waals surface area (Å²) in [6.45, 7) is 3.76. The maximum Gasteiger partial charge on any atom is 0.273 e. The monoisotopic (exact) mass is 398 g/mol. The van der Waals surface area contributed by atoms with Gasteiger partial charge in [-0.25, -0.2) is 4.98 Å². The average Bonchev–Trinajstić information content (AvgIpc) is 3.11. The summed E-state index contributed by atoms with van der Waals surface area (Å²) in [6, 6.07) is 7.47. The molecule has 8 heteroatoms. The molecular formula is C20H22N4O3S. The standard InChI is InChI=1S/C20H22N4O3S/c1-14-3-2-4-15(9-14)10-23-11-18(25)24-8-7-22(6-5-17(24)20(23)27)19(26)16-12-28-13-21-16/h2-4,9,12-13,17H,5-8,10-11H2,1H3. The van der Waals surface area contributed by atoms with E-state index in [9.17, 15) is 14.4 Å². The van der Waals surface area contributed by atoms with Crippen molar-refractivity contribution >= 4 is 29.1 Å². The summed E-state index contributed by atoms with van der Waals surface area (Å²) < 4.78 is 0. The topological polar surface area (TPSA) is 73.8 Å². The maximum atomic E-state index is 13.1. The number of thiazole rings is 1. The fourth-order valence-electron chi connectivity index (χ4n) is 3.88. The van der Waals surface area contributed by atoms with Crippen LogP contribution in [0.4, 0.5) is 0 Å². The lowest BCUT2D eigenvalue weighted by atomic mass is 10.1. The molecule has 1 unspecified atom stereocenters. The molecule has 2 aliphatic rings. The number of carbonyl (C=O) groups is 3. The normalized spacial score (nSPS) is 20.2. The number of piperazine rings is 1. The summed E-state index contributed by atoms with van der Waals surface area (Å²) >= 11 is 1.38. The van der Waals surface area contributed by atoms with Gasteiger partial charge in [-0.3, -0.25) is 14.4 Å². The Hall–Kier alpha value is -2.74. The zero-order valence-electron chi connectivity index (χ0n) is 15.7. The Bertz CT molecular complexity index is 899. The third-order valence-electron chi connectivity index (χ3n) is 5.30. The molecule has 1 atom stereocenters. The third-order valence-corrected chi connectivity index (χ3v) is 5.88. The van der Waals surface area contributed by atoms with E-state index < -0.39 is 6.04 Å². The number of aryl methyl sites for hydroxylation is 1. The average molecular weight is 398 g/mol. The number of aromatic nitrogens is 1. The first kappa shape index (κ1) is 18.6. The molecule has 2 aliphatic heterocycles. The van der Waals surface area contributed by atoms with Gasteiger partial charge in [-0.1, -0.05) is 29.8 Å². The second-order valence-electron chi connectivity index (χ2n) is 7.24. The molecule has 3 amide bonds. The van der Waals surface area contributed by atoms with Gasteiger partial charge >= 0.3 is 0 Å². The summed E-state index contributed by atoms with van der Waals surface area (Å²) in [4.78, 5) is 47.4. The molecule has 2 fully saturated rings. The van der Waals surface area contributed by atoms with E-state index in [1.54, 1.807) is 25.6 Å². The smallest absolute Gasteiger partial charge is 0.273 e. The van der Waals surface area contributed by atoms with E-state index in [0.717, 1.165) is 11.1 Å². The van der Waals surface area contributed by atoms with E-state index in [0.29, 0.717) is 38.3 Å². The summed E-state index contributed by atoms with van der Waals surface area (Å²) in [5.41, 5.74) is 4.19. The van der Waals surface area contributed by atoms with Gasteiger partial charge in [-0.05, 0) is 18.9 Å². The zero-order valence-corrected chi connectivity index (χ0v) is 16.5. The van der Waals surface area contributed by atoms with Crippen molar-refractivity contribution in [1.29, 1.82) is 0 Å². The Morgan fingerprint density at radius 3 is 2.86 bits per heavy atom. The van der Waals surface area contributed by atoms with Crippen molar-refractivity contribution in [3.8, 4) is 0 Å². The van der Waals surface area contributed by atoms with E-state index in [1.807, 2.05) is 31.2 Å². The summed E-state index contributed by atoms with van der Waals surface area (Å²) in [5.74, 6) is -0.234. The van der Waals surface area contributed by atoms with Crippen LogP contribution in [0, 0.1) is 6.92 Å². The summed E-state index contributed by atoms with van der Waals surface area (Å²) in [5, 5.41) is 1.72. The molecule has 1 aromatic carbocycles. The lowest BCUT2D eigenvalue weighted by Crippen LogP contribution is -2.59. The van der Waals surface area contributed by atoms with Crippen LogP contribution in [0.5, 0.6) is 0 Å². The van der Waals surface area contributed by atoms with E-state index in [2.05, 4.69) is 4.98 Å². The highest BCUT2D eigenvalue weighted by molar-refractivity contribution is 7.07. The van der Waals surface area contributed by atoms with Crippen LogP contribution in [0.25, 0.3) is 0 Å². The maximum absolute atomic E-state index is 13.1. The number of fused-ring (bicyclic) bond motifs is 1. The van der Waals surface area contributed by atoms with E-state index in [4.69, 9.17) is 0 Å². The Morgan fingerprint density at radius 2 is 2.11 bits per heavy atom. The minimum Gasteiger partial charge on any atom is -0.335 e. The molecule has 3 heterocycles. The number of rotatable bonds is 3. The number of nitrogens with zero attached hydrogens (tertiary/aromatic N) is 4. The van der Waals surface area contributed by atoms with Crippen molar-refractivity contribution in [2.45, 2.75) is 25.9 Å². The fraction of sp³-hybridized carbons (Fsp3) is 0.400. The molecule has 0 N–H and O–H groups in total. The van der Waals surface area contributed by atoms with Crippen molar-refractivity contribution < 1.29 is 14.4 Å². The van der Waals surface area contributed by atoms with Crippen molar-refractivity contribution in [3.63, 3.8) is 0 Å². The lowest BCUT2D eigenvalue weighted by molar-refractivity contribution is -0.156. The van der Waals surface area contributed by atoms with Crippen molar-refractivity contribution in [2.24, 2.45) is 0 Å². The van der Waals surface area contributed by atoms with Crippen molar-refractivity contribution in [1.82, 2.24) is 19.7 Å². The number of benzene rings is 1. The molecule has 28 heavy (non-hydrogen) atoms. The van der Waals surface area contributed by atoms with Gasteiger partial charge in [0, 0.05) is 31.6 Å². The van der Waals surface area contributed by atoms with Crippen molar-refractivity contribution in [3.05, 3.63) is 52.0 Å². The van der Waals surface area contributed by atoms with Gasteiger partial charge in [-0.15, -0.1) is 11.3 Å². The van der Waals surface area contributed by atoms with Crippen molar-refractivity contribution in [2.75, 3.05) is 26.2 Å². The lowest BCUT2D eigenvalue weighted by Gasteiger charge is -2.39. The first-order chi connectivity index (χ1) is 13.5. The molecule has 0 radical (unpaired) electrons. The number of hydrogen-bond acceptors (Lipinski definition) is 5. The van der Waals surface area contributed by atoms with Crippen LogP contribution in [0.2, 0.25) is 0 Å². The molecule has 0 saturated carbocycles. The van der Waals surface area contributed by atoms with Crippen LogP contribution in [-0.4, -0.2) is 69.6 Å². The quantitative estimate of drug-likeness (QED) is 0.786. The molecule has 2 saturated heterocycles. The fourth-order valence-corrected chi connectivity index (χ4v) is 4.40. The first-order valence-corrected chi connectivity index (χ1v) is 10.3. The van der Waals surface area contributed by atoms with E-state index in [1.165, 1.54) is 11.3 Å². The Balaban J connectivity index is 1.48. The largest absolute Gasteiger partial charge is 0.335 e. The van der Waals surface area contributed by atoms with Gasteiger partial charge in [0.15, 0.2) is 0 Å². The van der Waals surface area contributed by atoms with Gasteiger partial charge in [0.05, 0.1) is 5.51 Å². The predicted molar refractivity (Wildman–Crippen MR) is 105 cm³/mol. The highest BCUT2D eigenvalue weighted by Crippen LogP contribution is 2.22. The molecule has 0 bridgehead atoms. The molecule has 4 rings (SSSR count). The Morgan fingerprint density at radius 1 is 1.25 bits per heavy atom. The van der Waals surface area contributed by atoms with Crippen LogP contribution in [0.3, 0.4) is 0 Å². The second-order valence-corrected chi connectivity index (χ2v) is 7.96. The SMILES string of the molecule is Cc1cccc(CN2CC(=O)N3CCN(C(=O)c4cscn4)CCC3C2=O)c1. The van der Waals surface area contributed by atoms with Gasteiger partial charge in [0.1, 0.15) is 18.3 Å². The summed E-state index contributed by atoms with van der Waals surface area (Å²) in [7, 11) is 0. The number of amides is 3. The zero-order chi connectivity index (χ0) is 19.7. The Labute approximate surface area is 167 Å². The van der Waals surface area contributed by atoms with Gasteiger partial charge < -0.3 is 14.7 Å². The van der Waals surface area contributed by atoms with Gasteiger partial charge in [0.25, 0.3) is 5.91 Å². The molecule has 0 aliphatic carbocycles. The van der Waals surface area contributed by atoms with Crippen LogP contribution >= 0.6 is 11.3 Å². The van der Waals surface area contributed by atoms with Crippen LogP contribution < -0.4 is 0 Å². The molecule has 1 aromatic heterocycles. The predicted octanol–water partition coefficient (Wildman–Crippen LogP) is 1.54. The van der Waals surface area contributed by atoms with Crippen LogP contribution in [-0.2, 0) is 16.1 Å². The second kappa shape index (κ2) is 7.71. The Kier molecular flexibility index (Phi) is 5.13. The molecular weight excluding hydrogens is 376 g/mol. The van der Waals surface area contributed by atoms with Gasteiger partial charge in [-0.2, -0.15) is 0 Å². The van der Waals surface area contributed by atoms with Gasteiger partial charge in [0.2, 0.25) is 11.8 Å². The highest BCUT2D eigenvalue weighted by atomic mass is 32.1. The molecule has 7 nitrogen and oxygen atoms in total. The van der Waals surface area contributed by atoms with Crippen LogP contribution in [0.1, 0.15) is 28.0 Å². The molecule has 0 spiro atoms. The summed E-state index contributed by atoms with van der Waals surface area (Å²) in [6.07, 6.45) is 0.449. The van der Waals surface area contributed by atoms with Crippen LogP contribution in [0.15, 0.2) is 35.2 Å². The van der Waals surface area contributed by atoms with E-state index >= 15 is 0 Å². The minimum absolute atomic E-state index is 0.0379.